The first kappa shape index (κ1) is 12.1. The van der Waals surface area contributed by atoms with Crippen molar-refractivity contribution in [2.24, 2.45) is 5.10 Å². The highest BCUT2D eigenvalue weighted by molar-refractivity contribution is 7.14. The lowest BCUT2D eigenvalue weighted by atomic mass is 10.1. The lowest BCUT2D eigenvalue weighted by molar-refractivity contribution is -0.121. The Morgan fingerprint density at radius 3 is 3.05 bits per heavy atom. The van der Waals surface area contributed by atoms with Gasteiger partial charge in [-0.2, -0.15) is 5.10 Å². The maximum absolute atomic E-state index is 11.1. The number of thiophene rings is 1. The summed E-state index contributed by atoms with van der Waals surface area (Å²) in [6.45, 7) is 0.934. The number of hydrogen-bond acceptors (Lipinski definition) is 4. The van der Waals surface area contributed by atoms with Crippen molar-refractivity contribution in [3.8, 4) is 0 Å². The van der Waals surface area contributed by atoms with Gasteiger partial charge in [-0.15, -0.1) is 11.3 Å². The summed E-state index contributed by atoms with van der Waals surface area (Å²) < 4.78 is 2.07. The molecule has 0 unspecified atom stereocenters. The highest BCUT2D eigenvalue weighted by Crippen LogP contribution is 2.21. The zero-order valence-electron chi connectivity index (χ0n) is 10.4. The second-order valence-corrected chi connectivity index (χ2v) is 5.58. The molecule has 0 bridgehead atoms. The minimum absolute atomic E-state index is 0.000590. The van der Waals surface area contributed by atoms with Gasteiger partial charge in [0.05, 0.1) is 16.9 Å². The SMILES string of the molecule is O=C1CCC(c2ccc(CCn3ccnc3)s2)=NN1. The van der Waals surface area contributed by atoms with Crippen LogP contribution in [-0.2, 0) is 17.8 Å². The van der Waals surface area contributed by atoms with Crippen molar-refractivity contribution in [1.29, 1.82) is 0 Å². The fourth-order valence-electron chi connectivity index (χ4n) is 1.98. The summed E-state index contributed by atoms with van der Waals surface area (Å²) in [7, 11) is 0. The van der Waals surface area contributed by atoms with Crippen molar-refractivity contribution in [2.75, 3.05) is 0 Å². The van der Waals surface area contributed by atoms with Gasteiger partial charge in [-0.1, -0.05) is 0 Å². The molecule has 0 atom stereocenters. The fourth-order valence-corrected chi connectivity index (χ4v) is 2.99. The number of aromatic nitrogens is 2. The molecule has 5 nitrogen and oxygen atoms in total. The van der Waals surface area contributed by atoms with Gasteiger partial charge in [-0.05, 0) is 18.6 Å². The molecule has 1 aliphatic heterocycles. The molecule has 19 heavy (non-hydrogen) atoms. The molecule has 0 fully saturated rings. The van der Waals surface area contributed by atoms with Gasteiger partial charge in [0.15, 0.2) is 0 Å². The highest BCUT2D eigenvalue weighted by Gasteiger charge is 2.14. The number of hydrazone groups is 1. The van der Waals surface area contributed by atoms with Gasteiger partial charge in [0, 0.05) is 36.7 Å². The predicted molar refractivity (Wildman–Crippen MR) is 74.2 cm³/mol. The standard InChI is InChI=1S/C13H14N4OS/c18-13-4-2-11(15-16-13)12-3-1-10(19-12)5-7-17-8-6-14-9-17/h1,3,6,8-9H,2,4-5,7H2,(H,16,18). The van der Waals surface area contributed by atoms with Crippen LogP contribution in [0.1, 0.15) is 22.6 Å². The van der Waals surface area contributed by atoms with Crippen LogP contribution < -0.4 is 5.43 Å². The van der Waals surface area contributed by atoms with E-state index in [2.05, 4.69) is 32.2 Å². The third-order valence-corrected chi connectivity index (χ3v) is 4.22. The Labute approximate surface area is 115 Å². The smallest absolute Gasteiger partial charge is 0.240 e. The Hall–Kier alpha value is -1.95. The molecule has 0 saturated heterocycles. The number of nitrogens with zero attached hydrogens (tertiary/aromatic N) is 3. The number of hydrogen-bond donors (Lipinski definition) is 1. The second kappa shape index (κ2) is 5.36. The summed E-state index contributed by atoms with van der Waals surface area (Å²) in [6, 6.07) is 4.22. The molecule has 6 heteroatoms. The lowest BCUT2D eigenvalue weighted by Crippen LogP contribution is -2.25. The normalized spacial score (nSPS) is 15.2. The van der Waals surface area contributed by atoms with Crippen LogP contribution in [0.4, 0.5) is 0 Å². The molecular formula is C13H14N4OS. The van der Waals surface area contributed by atoms with Crippen molar-refractivity contribution in [2.45, 2.75) is 25.8 Å². The van der Waals surface area contributed by atoms with E-state index < -0.39 is 0 Å². The molecule has 0 aromatic carbocycles. The van der Waals surface area contributed by atoms with Crippen LogP contribution in [0.25, 0.3) is 0 Å². The maximum Gasteiger partial charge on any atom is 0.240 e. The maximum atomic E-state index is 11.1. The molecule has 1 amide bonds. The van der Waals surface area contributed by atoms with Crippen LogP contribution in [0, 0.1) is 0 Å². The summed E-state index contributed by atoms with van der Waals surface area (Å²) in [5.41, 5.74) is 3.52. The highest BCUT2D eigenvalue weighted by atomic mass is 32.1. The summed E-state index contributed by atoms with van der Waals surface area (Å²) in [6.07, 6.45) is 7.83. The summed E-state index contributed by atoms with van der Waals surface area (Å²) in [5, 5.41) is 4.12. The third kappa shape index (κ3) is 2.90. The Morgan fingerprint density at radius 2 is 2.32 bits per heavy atom. The lowest BCUT2D eigenvalue weighted by Gasteiger charge is -2.09. The van der Waals surface area contributed by atoms with Crippen molar-refractivity contribution < 1.29 is 4.79 Å². The number of carbonyl (C=O) groups is 1. The first-order chi connectivity index (χ1) is 9.31. The zero-order valence-corrected chi connectivity index (χ0v) is 11.2. The van der Waals surface area contributed by atoms with Gasteiger partial charge < -0.3 is 4.57 Å². The first-order valence-electron chi connectivity index (χ1n) is 6.21. The molecule has 0 spiro atoms. The topological polar surface area (TPSA) is 59.3 Å². The average molecular weight is 274 g/mol. The van der Waals surface area contributed by atoms with Gasteiger partial charge >= 0.3 is 0 Å². The molecule has 1 N–H and O–H groups in total. The summed E-state index contributed by atoms with van der Waals surface area (Å²) in [5.74, 6) is 0.000590. The Morgan fingerprint density at radius 1 is 1.37 bits per heavy atom. The third-order valence-electron chi connectivity index (χ3n) is 3.03. The molecular weight excluding hydrogens is 260 g/mol. The van der Waals surface area contributed by atoms with E-state index in [1.807, 2.05) is 12.5 Å². The van der Waals surface area contributed by atoms with Gasteiger partial charge in [0.2, 0.25) is 5.91 Å². The van der Waals surface area contributed by atoms with Crippen LogP contribution in [0.3, 0.4) is 0 Å². The van der Waals surface area contributed by atoms with E-state index in [1.165, 1.54) is 4.88 Å². The Bertz CT molecular complexity index is 600. The number of rotatable bonds is 4. The van der Waals surface area contributed by atoms with Gasteiger partial charge in [0.25, 0.3) is 0 Å². The molecule has 98 valence electrons. The van der Waals surface area contributed by atoms with E-state index in [1.54, 1.807) is 17.5 Å². The molecule has 2 aromatic heterocycles. The van der Waals surface area contributed by atoms with Crippen LogP contribution in [0.2, 0.25) is 0 Å². The molecule has 2 aromatic rings. The van der Waals surface area contributed by atoms with Gasteiger partial charge in [-0.25, -0.2) is 10.4 Å². The van der Waals surface area contributed by atoms with E-state index in [0.29, 0.717) is 6.42 Å². The van der Waals surface area contributed by atoms with Crippen molar-refractivity contribution in [3.05, 3.63) is 40.6 Å². The number of aryl methyl sites for hydroxylation is 2. The second-order valence-electron chi connectivity index (χ2n) is 4.41. The monoisotopic (exact) mass is 274 g/mol. The van der Waals surface area contributed by atoms with Crippen LogP contribution in [0.5, 0.6) is 0 Å². The van der Waals surface area contributed by atoms with Crippen LogP contribution >= 0.6 is 11.3 Å². The van der Waals surface area contributed by atoms with Gasteiger partial charge in [-0.3, -0.25) is 4.79 Å². The first-order valence-corrected chi connectivity index (χ1v) is 7.03. The van der Waals surface area contributed by atoms with Gasteiger partial charge in [0.1, 0.15) is 0 Å². The van der Waals surface area contributed by atoms with E-state index in [-0.39, 0.29) is 5.91 Å². The summed E-state index contributed by atoms with van der Waals surface area (Å²) in [4.78, 5) is 17.6. The molecule has 0 aliphatic carbocycles. The largest absolute Gasteiger partial charge is 0.337 e. The predicted octanol–water partition coefficient (Wildman–Crippen LogP) is 1.80. The van der Waals surface area contributed by atoms with Crippen molar-refractivity contribution in [1.82, 2.24) is 15.0 Å². The van der Waals surface area contributed by atoms with Crippen molar-refractivity contribution in [3.63, 3.8) is 0 Å². The average Bonchev–Trinajstić information content (AvgIpc) is 3.09. The zero-order chi connectivity index (χ0) is 13.1. The molecule has 0 radical (unpaired) electrons. The number of imidazole rings is 1. The van der Waals surface area contributed by atoms with E-state index in [4.69, 9.17) is 0 Å². The fraction of sp³-hybridized carbons (Fsp3) is 0.308. The number of amides is 1. The molecule has 3 heterocycles. The quantitative estimate of drug-likeness (QED) is 0.924. The minimum atomic E-state index is 0.000590. The minimum Gasteiger partial charge on any atom is -0.337 e. The molecule has 0 saturated carbocycles. The van der Waals surface area contributed by atoms with Crippen LogP contribution in [0.15, 0.2) is 36.0 Å². The summed E-state index contributed by atoms with van der Waals surface area (Å²) >= 11 is 1.75. The van der Waals surface area contributed by atoms with E-state index >= 15 is 0 Å². The molecule has 1 aliphatic rings. The van der Waals surface area contributed by atoms with Crippen LogP contribution in [-0.4, -0.2) is 21.2 Å². The van der Waals surface area contributed by atoms with E-state index in [9.17, 15) is 4.79 Å². The Kier molecular flexibility index (Phi) is 3.41. The van der Waals surface area contributed by atoms with Crippen molar-refractivity contribution >= 4 is 23.0 Å². The Balaban J connectivity index is 1.64. The number of nitrogens with one attached hydrogen (secondary N) is 1. The van der Waals surface area contributed by atoms with E-state index in [0.717, 1.165) is 30.0 Å². The molecule has 3 rings (SSSR count). The number of carbonyl (C=O) groups excluding carboxylic acids is 1.